The third kappa shape index (κ3) is 2.73. The van der Waals surface area contributed by atoms with E-state index < -0.39 is 6.10 Å². The van der Waals surface area contributed by atoms with Crippen molar-refractivity contribution >= 4 is 16.8 Å². The molecule has 1 unspecified atom stereocenters. The predicted octanol–water partition coefficient (Wildman–Crippen LogP) is 5.07. The van der Waals surface area contributed by atoms with Crippen molar-refractivity contribution in [3.05, 3.63) is 101 Å². The number of hydrogen-bond acceptors (Lipinski definition) is 2. The van der Waals surface area contributed by atoms with Crippen LogP contribution in [0.15, 0.2) is 72.8 Å². The maximum atomic E-state index is 11.1. The zero-order chi connectivity index (χ0) is 18.3. The number of benzene rings is 3. The number of hydrogen-bond donors (Lipinski definition) is 1. The Labute approximate surface area is 155 Å². The van der Waals surface area contributed by atoms with Gasteiger partial charge in [0, 0.05) is 25.4 Å². The second-order valence-corrected chi connectivity index (χ2v) is 7.09. The lowest BCUT2D eigenvalue weighted by Crippen LogP contribution is -2.08. The average Bonchev–Trinajstić information content (AvgIpc) is 2.95. The maximum absolute atomic E-state index is 11.1. The summed E-state index contributed by atoms with van der Waals surface area (Å²) in [5.41, 5.74) is 8.81. The van der Waals surface area contributed by atoms with Crippen molar-refractivity contribution in [3.63, 3.8) is 0 Å². The molecule has 0 bridgehead atoms. The second kappa shape index (κ2) is 6.47. The molecular formula is C24H23NO. The van der Waals surface area contributed by atoms with Gasteiger partial charge in [-0.1, -0.05) is 66.2 Å². The molecule has 1 aliphatic carbocycles. The first-order chi connectivity index (χ1) is 12.6. The Hall–Kier alpha value is -2.84. The van der Waals surface area contributed by atoms with Crippen molar-refractivity contribution < 1.29 is 5.11 Å². The molecular weight excluding hydrogens is 318 g/mol. The summed E-state index contributed by atoms with van der Waals surface area (Å²) in [4.78, 5) is 2.08. The zero-order valence-electron chi connectivity index (χ0n) is 15.4. The average molecular weight is 341 g/mol. The summed E-state index contributed by atoms with van der Waals surface area (Å²) in [6.07, 6.45) is -0.604. The molecule has 2 nitrogen and oxygen atoms in total. The Morgan fingerprint density at radius 2 is 1.38 bits per heavy atom. The Bertz CT molecular complexity index is 966. The van der Waals surface area contributed by atoms with Crippen LogP contribution in [-0.4, -0.2) is 19.2 Å². The number of fused-ring (bicyclic) bond motifs is 1. The molecule has 3 aromatic carbocycles. The first kappa shape index (κ1) is 16.6. The number of aliphatic hydroxyl groups is 1. The molecule has 0 aromatic heterocycles. The van der Waals surface area contributed by atoms with E-state index in [1.807, 2.05) is 32.3 Å². The van der Waals surface area contributed by atoms with Crippen LogP contribution in [0.2, 0.25) is 0 Å². The highest BCUT2D eigenvalue weighted by molar-refractivity contribution is 6.05. The topological polar surface area (TPSA) is 23.5 Å². The van der Waals surface area contributed by atoms with E-state index in [9.17, 15) is 5.11 Å². The molecule has 130 valence electrons. The van der Waals surface area contributed by atoms with Gasteiger partial charge in [0.2, 0.25) is 0 Å². The summed E-state index contributed by atoms with van der Waals surface area (Å²) in [6.45, 7) is 2.09. The summed E-state index contributed by atoms with van der Waals surface area (Å²) < 4.78 is 0. The van der Waals surface area contributed by atoms with Gasteiger partial charge in [0.25, 0.3) is 0 Å². The van der Waals surface area contributed by atoms with E-state index in [0.29, 0.717) is 0 Å². The molecule has 0 amide bonds. The van der Waals surface area contributed by atoms with Gasteiger partial charge in [-0.05, 0) is 46.9 Å². The first-order valence-electron chi connectivity index (χ1n) is 8.92. The minimum Gasteiger partial charge on any atom is -0.384 e. The monoisotopic (exact) mass is 341 g/mol. The molecule has 0 heterocycles. The highest BCUT2D eigenvalue weighted by atomic mass is 16.3. The van der Waals surface area contributed by atoms with E-state index in [1.54, 1.807) is 0 Å². The minimum atomic E-state index is -0.604. The van der Waals surface area contributed by atoms with Gasteiger partial charge in [0.05, 0.1) is 0 Å². The van der Waals surface area contributed by atoms with Crippen molar-refractivity contribution in [1.29, 1.82) is 0 Å². The van der Waals surface area contributed by atoms with Gasteiger partial charge in [0.15, 0.2) is 0 Å². The van der Waals surface area contributed by atoms with Crippen molar-refractivity contribution in [2.75, 3.05) is 19.0 Å². The quantitative estimate of drug-likeness (QED) is 0.719. The fourth-order valence-electron chi connectivity index (χ4n) is 3.67. The lowest BCUT2D eigenvalue weighted by molar-refractivity contribution is 0.241. The molecule has 26 heavy (non-hydrogen) atoms. The van der Waals surface area contributed by atoms with E-state index in [4.69, 9.17) is 0 Å². The Morgan fingerprint density at radius 1 is 0.769 bits per heavy atom. The van der Waals surface area contributed by atoms with Gasteiger partial charge < -0.3 is 10.0 Å². The molecule has 3 aromatic rings. The minimum absolute atomic E-state index is 0.604. The van der Waals surface area contributed by atoms with Crippen LogP contribution in [0, 0.1) is 6.92 Å². The van der Waals surface area contributed by atoms with Crippen LogP contribution in [0.1, 0.15) is 33.9 Å². The molecule has 1 atom stereocenters. The standard InChI is InChI=1S/C24H23NO/c1-16-8-10-17(11-9-16)22-20-6-4-5-7-21(20)24(26)23(22)18-12-14-19(15-13-18)25(2)3/h4-15,24,26H,1-3H3. The van der Waals surface area contributed by atoms with Gasteiger partial charge in [-0.3, -0.25) is 0 Å². The molecule has 0 spiro atoms. The molecule has 4 rings (SSSR count). The van der Waals surface area contributed by atoms with E-state index in [0.717, 1.165) is 39.1 Å². The highest BCUT2D eigenvalue weighted by Gasteiger charge is 2.31. The van der Waals surface area contributed by atoms with Gasteiger partial charge in [-0.25, -0.2) is 0 Å². The number of anilines is 1. The number of rotatable bonds is 3. The first-order valence-corrected chi connectivity index (χ1v) is 8.92. The van der Waals surface area contributed by atoms with E-state index in [-0.39, 0.29) is 0 Å². The van der Waals surface area contributed by atoms with Crippen LogP contribution in [0.25, 0.3) is 11.1 Å². The van der Waals surface area contributed by atoms with E-state index in [1.165, 1.54) is 5.56 Å². The van der Waals surface area contributed by atoms with Gasteiger partial charge in [0.1, 0.15) is 6.10 Å². The molecule has 0 saturated heterocycles. The largest absolute Gasteiger partial charge is 0.384 e. The molecule has 0 saturated carbocycles. The molecule has 2 heteroatoms. The third-order valence-corrected chi connectivity index (χ3v) is 5.10. The Morgan fingerprint density at radius 3 is 2.04 bits per heavy atom. The fraction of sp³-hybridized carbons (Fsp3) is 0.167. The lowest BCUT2D eigenvalue weighted by atomic mass is 9.93. The summed E-state index contributed by atoms with van der Waals surface area (Å²) in [5.74, 6) is 0. The number of aryl methyl sites for hydroxylation is 1. The van der Waals surface area contributed by atoms with Crippen LogP contribution in [-0.2, 0) is 0 Å². The zero-order valence-corrected chi connectivity index (χ0v) is 15.4. The van der Waals surface area contributed by atoms with Crippen LogP contribution in [0.3, 0.4) is 0 Å². The molecule has 1 N–H and O–H groups in total. The highest BCUT2D eigenvalue weighted by Crippen LogP contribution is 2.48. The summed E-state index contributed by atoms with van der Waals surface area (Å²) in [6, 6.07) is 25.1. The van der Waals surface area contributed by atoms with Crippen molar-refractivity contribution in [2.45, 2.75) is 13.0 Å². The normalized spacial score (nSPS) is 15.9. The van der Waals surface area contributed by atoms with Crippen LogP contribution in [0.4, 0.5) is 5.69 Å². The second-order valence-electron chi connectivity index (χ2n) is 7.09. The SMILES string of the molecule is Cc1ccc(C2=C(c3ccc(N(C)C)cc3)C(O)c3ccccc32)cc1. The predicted molar refractivity (Wildman–Crippen MR) is 109 cm³/mol. The van der Waals surface area contributed by atoms with Crippen molar-refractivity contribution in [3.8, 4) is 0 Å². The van der Waals surface area contributed by atoms with E-state index >= 15 is 0 Å². The van der Waals surface area contributed by atoms with Crippen LogP contribution >= 0.6 is 0 Å². The maximum Gasteiger partial charge on any atom is 0.106 e. The number of aliphatic hydroxyl groups excluding tert-OH is 1. The molecule has 0 fully saturated rings. The van der Waals surface area contributed by atoms with Gasteiger partial charge in [-0.2, -0.15) is 0 Å². The van der Waals surface area contributed by atoms with Crippen molar-refractivity contribution in [2.24, 2.45) is 0 Å². The summed E-state index contributed by atoms with van der Waals surface area (Å²) in [5, 5.41) is 11.1. The van der Waals surface area contributed by atoms with Gasteiger partial charge >= 0.3 is 0 Å². The number of nitrogens with zero attached hydrogens (tertiary/aromatic N) is 1. The lowest BCUT2D eigenvalue weighted by Gasteiger charge is -2.16. The smallest absolute Gasteiger partial charge is 0.106 e. The summed E-state index contributed by atoms with van der Waals surface area (Å²) in [7, 11) is 4.07. The molecule has 1 aliphatic rings. The Balaban J connectivity index is 1.93. The van der Waals surface area contributed by atoms with Crippen LogP contribution in [0.5, 0.6) is 0 Å². The Kier molecular flexibility index (Phi) is 4.14. The van der Waals surface area contributed by atoms with Crippen LogP contribution < -0.4 is 4.90 Å². The molecule has 0 aliphatic heterocycles. The van der Waals surface area contributed by atoms with E-state index in [2.05, 4.69) is 66.4 Å². The van der Waals surface area contributed by atoms with Gasteiger partial charge in [-0.15, -0.1) is 0 Å². The van der Waals surface area contributed by atoms with Crippen molar-refractivity contribution in [1.82, 2.24) is 0 Å². The summed E-state index contributed by atoms with van der Waals surface area (Å²) >= 11 is 0. The molecule has 0 radical (unpaired) electrons. The fourth-order valence-corrected chi connectivity index (χ4v) is 3.67. The third-order valence-electron chi connectivity index (χ3n) is 5.10.